The van der Waals surface area contributed by atoms with Gasteiger partial charge in [0.15, 0.2) is 0 Å². The first-order valence-corrected chi connectivity index (χ1v) is 6.63. The van der Waals surface area contributed by atoms with Crippen molar-refractivity contribution in [2.75, 3.05) is 0 Å². The average Bonchev–Trinajstić information content (AvgIpc) is 2.33. The van der Waals surface area contributed by atoms with Crippen LogP contribution in [-0.2, 0) is 6.54 Å². The van der Waals surface area contributed by atoms with Crippen LogP contribution < -0.4 is 11.2 Å². The van der Waals surface area contributed by atoms with Gasteiger partial charge in [0.05, 0.1) is 5.56 Å². The summed E-state index contributed by atoms with van der Waals surface area (Å²) in [4.78, 5) is 11.3. The Morgan fingerprint density at radius 2 is 2.10 bits per heavy atom. The van der Waals surface area contributed by atoms with Crippen molar-refractivity contribution in [3.8, 4) is 0 Å². The summed E-state index contributed by atoms with van der Waals surface area (Å²) in [6, 6.07) is 8.89. The van der Waals surface area contributed by atoms with Crippen LogP contribution in [-0.4, -0.2) is 10.5 Å². The van der Waals surface area contributed by atoms with E-state index in [1.54, 1.807) is 22.9 Å². The maximum Gasteiger partial charge on any atom is 0.252 e. The fraction of sp³-hybridized carbons (Fsp3) is 0.0769. The summed E-state index contributed by atoms with van der Waals surface area (Å²) in [5.74, 6) is -0.619. The molecule has 4 nitrogen and oxygen atoms in total. The van der Waals surface area contributed by atoms with Gasteiger partial charge in [-0.15, -0.1) is 17.0 Å². The number of nitrogens with zero attached hydrogens (tertiary/aromatic N) is 1. The minimum absolute atomic E-state index is 0. The summed E-state index contributed by atoms with van der Waals surface area (Å²) < 4.78 is 2.33. The third kappa shape index (κ3) is 3.94. The molecule has 0 atom stereocenters. The Labute approximate surface area is 140 Å². The predicted octanol–water partition coefficient (Wildman–Crippen LogP) is 3.11. The van der Waals surface area contributed by atoms with Crippen molar-refractivity contribution in [1.29, 1.82) is 5.41 Å². The number of carbonyl (C=O) groups is 1. The zero-order valence-electron chi connectivity index (χ0n) is 10.3. The van der Waals surface area contributed by atoms with E-state index in [9.17, 15) is 4.79 Å². The molecule has 0 aliphatic heterocycles. The SMILES string of the molecule is Br.N=c1c(C(N)=O)cc(Br)cn1Cc1cccc(Cl)c1. The van der Waals surface area contributed by atoms with Crippen LogP contribution in [0.4, 0.5) is 0 Å². The van der Waals surface area contributed by atoms with E-state index >= 15 is 0 Å². The first-order valence-electron chi connectivity index (χ1n) is 5.46. The van der Waals surface area contributed by atoms with E-state index in [0.717, 1.165) is 5.56 Å². The van der Waals surface area contributed by atoms with E-state index in [2.05, 4.69) is 15.9 Å². The van der Waals surface area contributed by atoms with E-state index < -0.39 is 5.91 Å². The van der Waals surface area contributed by atoms with Gasteiger partial charge in [0, 0.05) is 22.2 Å². The highest BCUT2D eigenvalue weighted by Crippen LogP contribution is 2.13. The van der Waals surface area contributed by atoms with Gasteiger partial charge in [0.2, 0.25) is 0 Å². The summed E-state index contributed by atoms with van der Waals surface area (Å²) in [6.07, 6.45) is 1.73. The van der Waals surface area contributed by atoms with Crippen LogP contribution >= 0.6 is 44.5 Å². The lowest BCUT2D eigenvalue weighted by atomic mass is 10.2. The summed E-state index contributed by atoms with van der Waals surface area (Å²) in [6.45, 7) is 0.444. The number of amides is 1. The van der Waals surface area contributed by atoms with Crippen molar-refractivity contribution in [2.45, 2.75) is 6.54 Å². The van der Waals surface area contributed by atoms with Gasteiger partial charge in [-0.1, -0.05) is 23.7 Å². The smallest absolute Gasteiger partial charge is 0.252 e. The molecule has 1 heterocycles. The normalized spacial score (nSPS) is 9.90. The minimum Gasteiger partial charge on any atom is -0.365 e. The fourth-order valence-corrected chi connectivity index (χ4v) is 2.45. The molecule has 0 radical (unpaired) electrons. The third-order valence-electron chi connectivity index (χ3n) is 2.61. The van der Waals surface area contributed by atoms with E-state index in [-0.39, 0.29) is 28.0 Å². The number of hydrogen-bond donors (Lipinski definition) is 2. The third-order valence-corrected chi connectivity index (χ3v) is 3.28. The maximum absolute atomic E-state index is 11.3. The second kappa shape index (κ2) is 7.06. The van der Waals surface area contributed by atoms with Gasteiger partial charge in [0.25, 0.3) is 5.91 Å². The van der Waals surface area contributed by atoms with E-state index in [0.29, 0.717) is 16.0 Å². The molecular formula is C13H12Br2ClN3O. The van der Waals surface area contributed by atoms with Crippen molar-refractivity contribution in [2.24, 2.45) is 5.73 Å². The second-order valence-electron chi connectivity index (χ2n) is 4.04. The Hall–Kier alpha value is -1.11. The standard InChI is InChI=1S/C13H11BrClN3O.BrH/c14-9-5-11(13(17)19)12(16)18(7-9)6-8-2-1-3-10(15)4-8;/h1-5,7,16H,6H2,(H2,17,19);1H. The average molecular weight is 422 g/mol. The molecular weight excluding hydrogens is 409 g/mol. The lowest BCUT2D eigenvalue weighted by Crippen LogP contribution is -2.29. The van der Waals surface area contributed by atoms with E-state index in [1.807, 2.05) is 18.2 Å². The summed E-state index contributed by atoms with van der Waals surface area (Å²) in [5, 5.41) is 8.62. The van der Waals surface area contributed by atoms with Gasteiger partial charge in [-0.2, -0.15) is 0 Å². The van der Waals surface area contributed by atoms with E-state index in [1.165, 1.54) is 0 Å². The number of carbonyl (C=O) groups excluding carboxylic acids is 1. The van der Waals surface area contributed by atoms with Gasteiger partial charge >= 0.3 is 0 Å². The molecule has 20 heavy (non-hydrogen) atoms. The van der Waals surface area contributed by atoms with Gasteiger partial charge in [0.1, 0.15) is 5.49 Å². The van der Waals surface area contributed by atoms with Crippen molar-refractivity contribution in [1.82, 2.24) is 4.57 Å². The van der Waals surface area contributed by atoms with Crippen LogP contribution in [0.15, 0.2) is 41.0 Å². The maximum atomic E-state index is 11.3. The molecule has 7 heteroatoms. The molecule has 0 spiro atoms. The number of benzene rings is 1. The van der Waals surface area contributed by atoms with Crippen LogP contribution in [0.5, 0.6) is 0 Å². The van der Waals surface area contributed by atoms with Crippen LogP contribution in [0.25, 0.3) is 0 Å². The number of rotatable bonds is 3. The molecule has 2 aromatic rings. The molecule has 3 N–H and O–H groups in total. The zero-order valence-corrected chi connectivity index (χ0v) is 14.3. The van der Waals surface area contributed by atoms with Crippen molar-refractivity contribution < 1.29 is 4.79 Å². The molecule has 0 aliphatic carbocycles. The molecule has 1 aromatic heterocycles. The molecule has 0 saturated carbocycles. The number of halogens is 3. The Morgan fingerprint density at radius 1 is 1.40 bits per heavy atom. The molecule has 0 fully saturated rings. The highest BCUT2D eigenvalue weighted by molar-refractivity contribution is 9.10. The van der Waals surface area contributed by atoms with Crippen LogP contribution in [0.2, 0.25) is 5.02 Å². The summed E-state index contributed by atoms with van der Waals surface area (Å²) in [5.41, 5.74) is 6.46. The lowest BCUT2D eigenvalue weighted by Gasteiger charge is -2.10. The van der Waals surface area contributed by atoms with Gasteiger partial charge in [-0.3, -0.25) is 10.2 Å². The zero-order chi connectivity index (χ0) is 14.0. The molecule has 106 valence electrons. The topological polar surface area (TPSA) is 71.9 Å². The molecule has 1 amide bonds. The number of nitrogens with two attached hydrogens (primary N) is 1. The van der Waals surface area contributed by atoms with Gasteiger partial charge in [-0.05, 0) is 39.7 Å². The van der Waals surface area contributed by atoms with E-state index in [4.69, 9.17) is 22.7 Å². The summed E-state index contributed by atoms with van der Waals surface area (Å²) >= 11 is 9.23. The van der Waals surface area contributed by atoms with Crippen LogP contribution in [0, 0.1) is 5.41 Å². The molecule has 0 unspecified atom stereocenters. The van der Waals surface area contributed by atoms with Crippen LogP contribution in [0.1, 0.15) is 15.9 Å². The molecule has 2 rings (SSSR count). The van der Waals surface area contributed by atoms with Crippen LogP contribution in [0.3, 0.4) is 0 Å². The first kappa shape index (κ1) is 16.9. The van der Waals surface area contributed by atoms with Crippen molar-refractivity contribution in [3.63, 3.8) is 0 Å². The quantitative estimate of drug-likeness (QED) is 0.785. The molecule has 1 aromatic carbocycles. The summed E-state index contributed by atoms with van der Waals surface area (Å²) in [7, 11) is 0. The number of hydrogen-bond acceptors (Lipinski definition) is 2. The second-order valence-corrected chi connectivity index (χ2v) is 5.39. The Balaban J connectivity index is 0.00000200. The highest BCUT2D eigenvalue weighted by Gasteiger charge is 2.08. The lowest BCUT2D eigenvalue weighted by molar-refractivity contribution is 0.0997. The fourth-order valence-electron chi connectivity index (χ4n) is 1.76. The van der Waals surface area contributed by atoms with Crippen molar-refractivity contribution in [3.05, 3.63) is 62.6 Å². The predicted molar refractivity (Wildman–Crippen MR) is 87.4 cm³/mol. The number of primary amides is 1. The molecule has 0 saturated heterocycles. The molecule has 0 aliphatic rings. The number of pyridine rings is 1. The van der Waals surface area contributed by atoms with Gasteiger partial charge < -0.3 is 10.3 Å². The Bertz CT molecular complexity index is 700. The minimum atomic E-state index is -0.619. The number of nitrogens with one attached hydrogen (secondary N) is 1. The Kier molecular flexibility index (Phi) is 5.98. The first-order chi connectivity index (χ1) is 8.97. The monoisotopic (exact) mass is 419 g/mol. The Morgan fingerprint density at radius 3 is 2.70 bits per heavy atom. The number of aromatic nitrogens is 1. The highest BCUT2D eigenvalue weighted by atomic mass is 79.9. The van der Waals surface area contributed by atoms with Gasteiger partial charge in [-0.25, -0.2) is 0 Å². The largest absolute Gasteiger partial charge is 0.365 e. The van der Waals surface area contributed by atoms with Crippen molar-refractivity contribution >= 4 is 50.4 Å². The molecule has 0 bridgehead atoms.